The van der Waals surface area contributed by atoms with Crippen molar-refractivity contribution < 1.29 is 9.47 Å². The molecule has 0 saturated heterocycles. The van der Waals surface area contributed by atoms with Crippen LogP contribution in [0.1, 0.15) is 18.1 Å². The van der Waals surface area contributed by atoms with Gasteiger partial charge >= 0.3 is 0 Å². The van der Waals surface area contributed by atoms with Crippen LogP contribution in [-0.2, 0) is 6.61 Å². The van der Waals surface area contributed by atoms with E-state index in [4.69, 9.17) is 21.1 Å². The van der Waals surface area contributed by atoms with Crippen molar-refractivity contribution in [2.45, 2.75) is 13.5 Å². The van der Waals surface area contributed by atoms with Crippen LogP contribution < -0.4 is 19.6 Å². The summed E-state index contributed by atoms with van der Waals surface area (Å²) in [4.78, 5) is 18.3. The Bertz CT molecular complexity index is 1540. The first-order valence-corrected chi connectivity index (χ1v) is 11.4. The fourth-order valence-corrected chi connectivity index (χ4v) is 4.71. The number of benzene rings is 3. The molecule has 0 aliphatic heterocycles. The van der Waals surface area contributed by atoms with Crippen molar-refractivity contribution in [1.82, 2.24) is 9.38 Å². The van der Waals surface area contributed by atoms with Crippen molar-refractivity contribution in [2.75, 3.05) is 6.61 Å². The zero-order chi connectivity index (χ0) is 22.1. The van der Waals surface area contributed by atoms with Crippen molar-refractivity contribution in [2.24, 2.45) is 0 Å². The van der Waals surface area contributed by atoms with Gasteiger partial charge in [0.2, 0.25) is 0 Å². The van der Waals surface area contributed by atoms with Crippen LogP contribution in [0.2, 0.25) is 5.02 Å². The summed E-state index contributed by atoms with van der Waals surface area (Å²) in [7, 11) is 0. The summed E-state index contributed by atoms with van der Waals surface area (Å²) in [6, 6.07) is 20.9. The molecule has 0 bridgehead atoms. The summed E-state index contributed by atoms with van der Waals surface area (Å²) in [5, 5.41) is 0.661. The number of rotatable bonds is 6. The van der Waals surface area contributed by atoms with E-state index >= 15 is 0 Å². The van der Waals surface area contributed by atoms with E-state index < -0.39 is 0 Å². The third-order valence-electron chi connectivity index (χ3n) is 5.05. The molecule has 0 aliphatic carbocycles. The minimum absolute atomic E-state index is 0.0734. The van der Waals surface area contributed by atoms with Crippen LogP contribution in [0.4, 0.5) is 0 Å². The van der Waals surface area contributed by atoms with Crippen molar-refractivity contribution in [3.05, 3.63) is 97.8 Å². The predicted molar refractivity (Wildman–Crippen MR) is 129 cm³/mol. The molecule has 0 amide bonds. The molecule has 5 aromatic rings. The maximum absolute atomic E-state index is 13.0. The number of hydrogen-bond donors (Lipinski definition) is 0. The molecule has 0 aliphatic rings. The fourth-order valence-electron chi connectivity index (χ4n) is 3.54. The number of halogens is 1. The minimum atomic E-state index is -0.0734. The second kappa shape index (κ2) is 8.65. The molecule has 0 saturated carbocycles. The smallest absolute Gasteiger partial charge is 0.274 e. The summed E-state index contributed by atoms with van der Waals surface area (Å²) < 4.78 is 14.0. The topological polar surface area (TPSA) is 52.8 Å². The lowest BCUT2D eigenvalue weighted by Gasteiger charge is -2.13. The zero-order valence-corrected chi connectivity index (χ0v) is 18.8. The third kappa shape index (κ3) is 3.83. The second-order valence-corrected chi connectivity index (χ2v) is 8.57. The molecule has 0 N–H and O–H groups in total. The molecular formula is C25H19ClN2O3S. The summed E-state index contributed by atoms with van der Waals surface area (Å²) in [6.07, 6.45) is 1.86. The van der Waals surface area contributed by atoms with Gasteiger partial charge in [-0.25, -0.2) is 9.38 Å². The maximum Gasteiger partial charge on any atom is 0.274 e. The lowest BCUT2D eigenvalue weighted by Crippen LogP contribution is -2.22. The van der Waals surface area contributed by atoms with Gasteiger partial charge in [-0.15, -0.1) is 0 Å². The lowest BCUT2D eigenvalue weighted by molar-refractivity contribution is 0.269. The van der Waals surface area contributed by atoms with E-state index in [1.165, 1.54) is 11.3 Å². The monoisotopic (exact) mass is 462 g/mol. The largest absolute Gasteiger partial charge is 0.490 e. The normalized spacial score (nSPS) is 12.0. The molecular weight excluding hydrogens is 444 g/mol. The molecule has 32 heavy (non-hydrogen) atoms. The molecule has 0 fully saturated rings. The van der Waals surface area contributed by atoms with Gasteiger partial charge in [0.05, 0.1) is 22.2 Å². The molecule has 2 aromatic heterocycles. The van der Waals surface area contributed by atoms with E-state index in [0.717, 1.165) is 22.2 Å². The molecule has 2 heterocycles. The number of fused-ring (bicyclic) bond motifs is 3. The molecule has 0 unspecified atom stereocenters. The Morgan fingerprint density at radius 1 is 1.03 bits per heavy atom. The van der Waals surface area contributed by atoms with Crippen LogP contribution in [0.25, 0.3) is 22.1 Å². The lowest BCUT2D eigenvalue weighted by atomic mass is 10.2. The number of nitrogens with zero attached hydrogens (tertiary/aromatic N) is 2. The number of imidazole rings is 1. The number of thiazole rings is 1. The number of ether oxygens (including phenoxy) is 2. The molecule has 0 spiro atoms. The van der Waals surface area contributed by atoms with Gasteiger partial charge in [-0.1, -0.05) is 59.3 Å². The molecule has 0 radical (unpaired) electrons. The van der Waals surface area contributed by atoms with E-state index in [2.05, 4.69) is 4.98 Å². The van der Waals surface area contributed by atoms with Gasteiger partial charge in [-0.05, 0) is 48.9 Å². The van der Waals surface area contributed by atoms with Gasteiger partial charge in [-0.3, -0.25) is 4.79 Å². The number of aromatic nitrogens is 2. The first kappa shape index (κ1) is 20.5. The van der Waals surface area contributed by atoms with Crippen molar-refractivity contribution in [3.63, 3.8) is 0 Å². The van der Waals surface area contributed by atoms with Crippen LogP contribution in [-0.4, -0.2) is 16.0 Å². The first-order chi connectivity index (χ1) is 15.6. The second-order valence-electron chi connectivity index (χ2n) is 7.15. The summed E-state index contributed by atoms with van der Waals surface area (Å²) in [5.41, 5.74) is 3.32. The molecule has 5 rings (SSSR count). The minimum Gasteiger partial charge on any atom is -0.490 e. The van der Waals surface area contributed by atoms with Crippen LogP contribution in [0.3, 0.4) is 0 Å². The van der Waals surface area contributed by atoms with Crippen LogP contribution in [0, 0.1) is 0 Å². The van der Waals surface area contributed by atoms with Gasteiger partial charge < -0.3 is 9.47 Å². The average Bonchev–Trinajstić information content (AvgIpc) is 3.30. The Labute approximate surface area is 193 Å². The van der Waals surface area contributed by atoms with E-state index in [9.17, 15) is 4.79 Å². The van der Waals surface area contributed by atoms with Crippen molar-refractivity contribution in [1.29, 1.82) is 0 Å². The Morgan fingerprint density at radius 2 is 1.84 bits per heavy atom. The van der Waals surface area contributed by atoms with E-state index in [-0.39, 0.29) is 5.56 Å². The molecule has 3 aromatic carbocycles. The van der Waals surface area contributed by atoms with Crippen LogP contribution >= 0.6 is 22.9 Å². The maximum atomic E-state index is 13.0. The van der Waals surface area contributed by atoms with Crippen molar-refractivity contribution in [3.8, 4) is 11.5 Å². The quantitative estimate of drug-likeness (QED) is 0.353. The van der Waals surface area contributed by atoms with Gasteiger partial charge in [0.1, 0.15) is 6.61 Å². The molecule has 5 nitrogen and oxygen atoms in total. The predicted octanol–water partition coefficient (Wildman–Crippen LogP) is 5.09. The highest BCUT2D eigenvalue weighted by atomic mass is 35.5. The summed E-state index contributed by atoms with van der Waals surface area (Å²) >= 11 is 7.60. The first-order valence-electron chi connectivity index (χ1n) is 10.2. The van der Waals surface area contributed by atoms with Gasteiger partial charge in [0, 0.05) is 10.6 Å². The average molecular weight is 463 g/mol. The molecule has 7 heteroatoms. The van der Waals surface area contributed by atoms with Gasteiger partial charge in [-0.2, -0.15) is 0 Å². The highest BCUT2D eigenvalue weighted by molar-refractivity contribution is 7.15. The molecule has 0 atom stereocenters. The zero-order valence-electron chi connectivity index (χ0n) is 17.2. The van der Waals surface area contributed by atoms with E-state index in [0.29, 0.717) is 39.2 Å². The van der Waals surface area contributed by atoms with E-state index in [1.807, 2.05) is 79.7 Å². The Kier molecular flexibility index (Phi) is 5.55. The van der Waals surface area contributed by atoms with Crippen LogP contribution in [0.15, 0.2) is 71.5 Å². The van der Waals surface area contributed by atoms with Gasteiger partial charge in [0.25, 0.3) is 5.56 Å². The number of hydrogen-bond acceptors (Lipinski definition) is 5. The summed E-state index contributed by atoms with van der Waals surface area (Å²) in [5.74, 6) is 1.24. The SMILES string of the molecule is CCOc1cc(/C=c2\sc3nc4ccccc4n3c2=O)ccc1OCc1ccccc1Cl. The van der Waals surface area contributed by atoms with E-state index in [1.54, 1.807) is 4.40 Å². The Balaban J connectivity index is 1.49. The number of para-hydroxylation sites is 2. The van der Waals surface area contributed by atoms with Crippen molar-refractivity contribution >= 4 is 45.0 Å². The Hall–Kier alpha value is -3.35. The fraction of sp³-hybridized carbons (Fsp3) is 0.120. The third-order valence-corrected chi connectivity index (χ3v) is 6.39. The summed E-state index contributed by atoms with van der Waals surface area (Å²) in [6.45, 7) is 2.75. The Morgan fingerprint density at radius 3 is 2.69 bits per heavy atom. The standard InChI is InChI=1S/C25H19ClN2O3S/c1-2-30-22-13-16(11-12-21(22)31-15-17-7-3-4-8-18(17)26)14-23-24(29)28-20-10-6-5-9-19(20)27-25(28)32-23/h3-14H,2,15H2,1H3/b23-14-. The highest BCUT2D eigenvalue weighted by Gasteiger charge is 2.12. The highest BCUT2D eigenvalue weighted by Crippen LogP contribution is 2.30. The van der Waals surface area contributed by atoms with Crippen LogP contribution in [0.5, 0.6) is 11.5 Å². The van der Waals surface area contributed by atoms with Gasteiger partial charge in [0.15, 0.2) is 16.5 Å². The molecule has 160 valence electrons.